The van der Waals surface area contributed by atoms with Crippen LogP contribution in [0.15, 0.2) is 64.5 Å². The molecule has 0 spiro atoms. The van der Waals surface area contributed by atoms with Gasteiger partial charge in [0.2, 0.25) is 5.91 Å². The van der Waals surface area contributed by atoms with E-state index in [0.29, 0.717) is 12.2 Å². The number of nitrogens with zero attached hydrogens (tertiary/aromatic N) is 2. The Morgan fingerprint density at radius 3 is 2.43 bits per heavy atom. The number of hydrogen-bond donors (Lipinski definition) is 0. The molecule has 1 amide bonds. The van der Waals surface area contributed by atoms with Crippen LogP contribution in [0.5, 0.6) is 0 Å². The molecule has 1 saturated heterocycles. The number of ketones is 1. The highest BCUT2D eigenvalue weighted by Crippen LogP contribution is 2.36. The van der Waals surface area contributed by atoms with Crippen LogP contribution in [-0.2, 0) is 26.0 Å². The maximum absolute atomic E-state index is 13.4. The van der Waals surface area contributed by atoms with Gasteiger partial charge in [-0.15, -0.1) is 0 Å². The number of carbonyl (C=O) groups is 2. The standard InChI is InChI=1S/C23H24N2O4S/c1-3-15(2)21-22(26)20(23(27)25(21)13-16-9-5-4-6-10-16)18-14-30(28,29)19-12-8-7-11-17(19)24-18/h4-12,15,20-21H,3,13-14H2,1-2H3/t15-,20?,21-/m0/s1. The number of hydrogen-bond acceptors (Lipinski definition) is 5. The zero-order chi connectivity index (χ0) is 21.5. The average Bonchev–Trinajstić information content (AvgIpc) is 2.97. The van der Waals surface area contributed by atoms with Gasteiger partial charge in [0.15, 0.2) is 15.6 Å². The van der Waals surface area contributed by atoms with Crippen molar-refractivity contribution in [3.63, 3.8) is 0 Å². The molecule has 1 unspecified atom stereocenters. The number of rotatable bonds is 5. The van der Waals surface area contributed by atoms with Gasteiger partial charge in [-0.05, 0) is 23.6 Å². The van der Waals surface area contributed by atoms with E-state index in [1.54, 1.807) is 23.1 Å². The molecule has 1 fully saturated rings. The molecule has 2 aliphatic heterocycles. The van der Waals surface area contributed by atoms with Crippen molar-refractivity contribution in [1.82, 2.24) is 4.90 Å². The molecule has 7 heteroatoms. The summed E-state index contributed by atoms with van der Waals surface area (Å²) in [5.74, 6) is -2.20. The molecule has 0 bridgehead atoms. The van der Waals surface area contributed by atoms with E-state index in [9.17, 15) is 18.0 Å². The number of carbonyl (C=O) groups excluding carboxylic acids is 2. The molecule has 0 aliphatic carbocycles. The van der Waals surface area contributed by atoms with Crippen LogP contribution in [-0.4, -0.2) is 42.5 Å². The van der Waals surface area contributed by atoms with E-state index in [-0.39, 0.29) is 28.2 Å². The van der Waals surface area contributed by atoms with Gasteiger partial charge in [-0.2, -0.15) is 0 Å². The number of para-hydroxylation sites is 1. The fourth-order valence-electron chi connectivity index (χ4n) is 4.24. The Hall–Kier alpha value is -2.80. The van der Waals surface area contributed by atoms with Crippen LogP contribution in [0.1, 0.15) is 25.8 Å². The molecule has 30 heavy (non-hydrogen) atoms. The lowest BCUT2D eigenvalue weighted by Gasteiger charge is -2.27. The molecule has 0 aromatic heterocycles. The zero-order valence-electron chi connectivity index (χ0n) is 17.0. The number of Topliss-reactive ketones (excluding diaryl/α,β-unsaturated/α-hetero) is 1. The fourth-order valence-corrected chi connectivity index (χ4v) is 5.74. The van der Waals surface area contributed by atoms with Crippen LogP contribution in [0.4, 0.5) is 5.69 Å². The fraction of sp³-hybridized carbons (Fsp3) is 0.348. The summed E-state index contributed by atoms with van der Waals surface area (Å²) < 4.78 is 25.6. The van der Waals surface area contributed by atoms with Crippen LogP contribution in [0.25, 0.3) is 0 Å². The Balaban J connectivity index is 1.75. The van der Waals surface area contributed by atoms with Gasteiger partial charge >= 0.3 is 0 Å². The van der Waals surface area contributed by atoms with Crippen molar-refractivity contribution >= 4 is 32.9 Å². The number of fused-ring (bicyclic) bond motifs is 1. The first-order chi connectivity index (χ1) is 14.3. The third kappa shape index (κ3) is 3.47. The quantitative estimate of drug-likeness (QED) is 0.690. The van der Waals surface area contributed by atoms with Crippen molar-refractivity contribution in [2.45, 2.75) is 37.8 Å². The van der Waals surface area contributed by atoms with Crippen LogP contribution >= 0.6 is 0 Å². The number of benzene rings is 2. The first-order valence-electron chi connectivity index (χ1n) is 10.1. The molecule has 2 aliphatic rings. The molecule has 0 N–H and O–H groups in total. The van der Waals surface area contributed by atoms with Gasteiger partial charge in [0.25, 0.3) is 0 Å². The van der Waals surface area contributed by atoms with Crippen molar-refractivity contribution < 1.29 is 18.0 Å². The summed E-state index contributed by atoms with van der Waals surface area (Å²) in [6.45, 7) is 4.24. The second-order valence-electron chi connectivity index (χ2n) is 7.95. The van der Waals surface area contributed by atoms with Gasteiger partial charge < -0.3 is 4.90 Å². The molecule has 2 aromatic rings. The van der Waals surface area contributed by atoms with Crippen molar-refractivity contribution in [1.29, 1.82) is 0 Å². The van der Waals surface area contributed by atoms with Crippen LogP contribution in [0.3, 0.4) is 0 Å². The van der Waals surface area contributed by atoms with Crippen molar-refractivity contribution in [2.24, 2.45) is 16.8 Å². The highest BCUT2D eigenvalue weighted by Gasteiger charge is 2.52. The summed E-state index contributed by atoms with van der Waals surface area (Å²) >= 11 is 0. The van der Waals surface area contributed by atoms with Crippen molar-refractivity contribution in [3.05, 3.63) is 60.2 Å². The van der Waals surface area contributed by atoms with Gasteiger partial charge in [-0.25, -0.2) is 8.42 Å². The van der Waals surface area contributed by atoms with Crippen LogP contribution in [0, 0.1) is 11.8 Å². The summed E-state index contributed by atoms with van der Waals surface area (Å²) in [5.41, 5.74) is 1.35. The second-order valence-corrected chi connectivity index (χ2v) is 9.91. The number of likely N-dealkylation sites (tertiary alicyclic amines) is 1. The van der Waals surface area contributed by atoms with Gasteiger partial charge in [0, 0.05) is 6.54 Å². The molecule has 4 rings (SSSR count). The smallest absolute Gasteiger partial charge is 0.239 e. The third-order valence-corrected chi connectivity index (χ3v) is 7.65. The van der Waals surface area contributed by atoms with Crippen molar-refractivity contribution in [3.8, 4) is 0 Å². The Labute approximate surface area is 176 Å². The Bertz CT molecular complexity index is 1120. The minimum absolute atomic E-state index is 0.0387. The van der Waals surface area contributed by atoms with E-state index in [1.165, 1.54) is 6.07 Å². The average molecular weight is 425 g/mol. The van der Waals surface area contributed by atoms with Gasteiger partial charge in [0.1, 0.15) is 5.92 Å². The molecular weight excluding hydrogens is 400 g/mol. The van der Waals surface area contributed by atoms with E-state index in [0.717, 1.165) is 12.0 Å². The Kier molecular flexibility index (Phi) is 5.32. The molecule has 0 saturated carbocycles. The van der Waals surface area contributed by atoms with E-state index in [2.05, 4.69) is 4.99 Å². The van der Waals surface area contributed by atoms with E-state index in [1.807, 2.05) is 44.2 Å². The maximum Gasteiger partial charge on any atom is 0.239 e. The normalized spacial score (nSPS) is 23.8. The van der Waals surface area contributed by atoms with Gasteiger partial charge in [-0.3, -0.25) is 14.6 Å². The summed E-state index contributed by atoms with van der Waals surface area (Å²) in [4.78, 5) is 33.0. The SMILES string of the molecule is CC[C@H](C)[C@H]1C(=O)C(C2=Nc3ccccc3S(=O)(=O)C2)C(=O)N1Cc1ccccc1. The van der Waals surface area contributed by atoms with E-state index >= 15 is 0 Å². The maximum atomic E-state index is 13.4. The number of aliphatic imine (C=N–C) groups is 1. The number of sulfone groups is 1. The lowest BCUT2D eigenvalue weighted by molar-refractivity contribution is -0.131. The lowest BCUT2D eigenvalue weighted by atomic mass is 9.90. The van der Waals surface area contributed by atoms with E-state index in [4.69, 9.17) is 0 Å². The first kappa shape index (κ1) is 20.5. The topological polar surface area (TPSA) is 83.9 Å². The first-order valence-corrected chi connectivity index (χ1v) is 11.8. The largest absolute Gasteiger partial charge is 0.327 e. The highest BCUT2D eigenvalue weighted by atomic mass is 32.2. The highest BCUT2D eigenvalue weighted by molar-refractivity contribution is 7.92. The lowest BCUT2D eigenvalue weighted by Crippen LogP contribution is -2.39. The summed E-state index contributed by atoms with van der Waals surface area (Å²) in [6.07, 6.45) is 0.731. The summed E-state index contributed by atoms with van der Waals surface area (Å²) in [5, 5.41) is 0. The molecular formula is C23H24N2O4S. The molecule has 2 heterocycles. The predicted molar refractivity (Wildman–Crippen MR) is 114 cm³/mol. The minimum atomic E-state index is -3.65. The minimum Gasteiger partial charge on any atom is -0.327 e. The Morgan fingerprint density at radius 2 is 1.73 bits per heavy atom. The third-order valence-electron chi connectivity index (χ3n) is 5.96. The molecule has 6 nitrogen and oxygen atoms in total. The van der Waals surface area contributed by atoms with Gasteiger partial charge in [-0.1, -0.05) is 62.7 Å². The molecule has 0 radical (unpaired) electrons. The Morgan fingerprint density at radius 1 is 1.07 bits per heavy atom. The molecule has 3 atom stereocenters. The van der Waals surface area contributed by atoms with Crippen LogP contribution in [0.2, 0.25) is 0 Å². The zero-order valence-corrected chi connectivity index (χ0v) is 17.8. The summed E-state index contributed by atoms with van der Waals surface area (Å²) in [6, 6.07) is 15.4. The van der Waals surface area contributed by atoms with E-state index < -0.39 is 27.5 Å². The predicted octanol–water partition coefficient (Wildman–Crippen LogP) is 3.19. The van der Waals surface area contributed by atoms with Crippen LogP contribution < -0.4 is 0 Å². The van der Waals surface area contributed by atoms with Crippen molar-refractivity contribution in [2.75, 3.05) is 5.75 Å². The molecule has 156 valence electrons. The van der Waals surface area contributed by atoms with Gasteiger partial charge in [0.05, 0.1) is 28.1 Å². The second kappa shape index (κ2) is 7.80. The monoisotopic (exact) mass is 424 g/mol. The number of amides is 1. The summed E-state index contributed by atoms with van der Waals surface area (Å²) in [7, 11) is -3.65. The molecule has 2 aromatic carbocycles.